The number of fused-ring (bicyclic) bond motifs is 14. The van der Waals surface area contributed by atoms with Crippen LogP contribution in [0.25, 0.3) is 21.9 Å². The van der Waals surface area contributed by atoms with Crippen LogP contribution in [0.4, 0.5) is 17.6 Å². The van der Waals surface area contributed by atoms with E-state index in [0.717, 1.165) is 34.6 Å². The van der Waals surface area contributed by atoms with Crippen molar-refractivity contribution in [2.75, 3.05) is 19.8 Å². The van der Waals surface area contributed by atoms with Crippen molar-refractivity contribution in [1.82, 2.24) is 19.9 Å². The van der Waals surface area contributed by atoms with Crippen molar-refractivity contribution < 1.29 is 50.4 Å². The molecule has 3 spiro atoms. The molecule has 3 atom stereocenters. The van der Waals surface area contributed by atoms with Gasteiger partial charge >= 0.3 is 0 Å². The number of benzene rings is 4. The molecule has 18 nitrogen and oxygen atoms in total. The molecular weight excluding hydrogens is 1490 g/mol. The maximum absolute atomic E-state index is 14.3. The minimum Gasteiger partial charge on any atom is -0.465 e. The zero-order chi connectivity index (χ0) is 61.4. The first-order chi connectivity index (χ1) is 41.5. The Labute approximate surface area is 541 Å². The number of aliphatic imine (C=N–C) groups is 3. The van der Waals surface area contributed by atoms with Gasteiger partial charge in [-0.2, -0.15) is 17.6 Å². The minimum absolute atomic E-state index is 0.0164. The summed E-state index contributed by atoms with van der Waals surface area (Å²) in [5.41, 5.74) is 18.2. The van der Waals surface area contributed by atoms with Crippen molar-refractivity contribution in [2.24, 2.45) is 32.2 Å². The number of rotatable bonds is 0. The van der Waals surface area contributed by atoms with E-state index >= 15 is 0 Å². The molecule has 4 aromatic carbocycles. The maximum atomic E-state index is 14.3. The SMILES string of the molecule is NC1=NC2(CCO1)c1cc(Br)ccc1Oc1c2cc(Cl)nc1F.NC1=N[C@@]2(CCO1)c1cc(Br)ccc1Oc1c2cc(Cl)nc1F.NC1=N[C@]2(CCO1)c1cc(Br)ccc1Oc1c2cc(Cl)nc1F.O=c1c2cc(Br)ccc2oc2c(F)nc(Cl)cc12. The lowest BCUT2D eigenvalue weighted by Crippen LogP contribution is -2.39. The number of ether oxygens (including phenoxy) is 6. The molecule has 0 amide bonds. The molecule has 1 unspecified atom stereocenters. The molecule has 87 heavy (non-hydrogen) atoms. The predicted molar refractivity (Wildman–Crippen MR) is 330 cm³/mol. The maximum Gasteiger partial charge on any atom is 0.283 e. The average molecular weight is 1520 g/mol. The number of hydrogen-bond acceptors (Lipinski definition) is 18. The Morgan fingerprint density at radius 1 is 0.425 bits per heavy atom. The average Bonchev–Trinajstić information content (AvgIpc) is 0.828. The van der Waals surface area contributed by atoms with Crippen molar-refractivity contribution in [3.8, 4) is 34.5 Å². The van der Waals surface area contributed by atoms with Gasteiger partial charge in [-0.25, -0.2) is 34.9 Å². The molecule has 444 valence electrons. The second kappa shape index (κ2) is 23.5. The molecular formula is C57H34Br4Cl4F4N10O8. The Morgan fingerprint density at radius 2 is 0.759 bits per heavy atom. The zero-order valence-electron chi connectivity index (χ0n) is 43.6. The van der Waals surface area contributed by atoms with Crippen LogP contribution in [0, 0.1) is 23.8 Å². The van der Waals surface area contributed by atoms with Gasteiger partial charge in [0.1, 0.15) is 60.1 Å². The van der Waals surface area contributed by atoms with Crippen LogP contribution in [0.1, 0.15) is 52.6 Å². The number of nitrogens with zero attached hydrogens (tertiary/aromatic N) is 7. The molecule has 0 saturated heterocycles. The van der Waals surface area contributed by atoms with Crippen LogP contribution in [0.3, 0.4) is 0 Å². The Balaban J connectivity index is 0.000000114. The summed E-state index contributed by atoms with van der Waals surface area (Å²) < 4.78 is 98.1. The first kappa shape index (κ1) is 60.3. The highest BCUT2D eigenvalue weighted by molar-refractivity contribution is 9.11. The summed E-state index contributed by atoms with van der Waals surface area (Å²) in [5, 5.41) is 0.451. The quantitative estimate of drug-likeness (QED) is 0.0725. The molecule has 5 aromatic heterocycles. The second-order valence-corrected chi connectivity index (χ2v) is 24.7. The second-order valence-electron chi connectivity index (χ2n) is 19.5. The fourth-order valence-corrected chi connectivity index (χ4v) is 13.0. The highest BCUT2D eigenvalue weighted by atomic mass is 79.9. The van der Waals surface area contributed by atoms with Crippen molar-refractivity contribution >= 4 is 150 Å². The third-order valence-electron chi connectivity index (χ3n) is 14.4. The number of aromatic nitrogens is 4. The summed E-state index contributed by atoms with van der Waals surface area (Å²) >= 11 is 37.1. The molecule has 6 aliphatic rings. The van der Waals surface area contributed by atoms with Gasteiger partial charge in [-0.1, -0.05) is 110 Å². The Morgan fingerprint density at radius 3 is 1.13 bits per heavy atom. The molecule has 9 aromatic rings. The third-order valence-corrected chi connectivity index (χ3v) is 17.2. The topological polar surface area (TPSA) is 252 Å². The summed E-state index contributed by atoms with van der Waals surface area (Å²) in [5.74, 6) is -1.67. The van der Waals surface area contributed by atoms with Crippen molar-refractivity contribution in [3.05, 3.63) is 203 Å². The molecule has 0 saturated carbocycles. The first-order valence-electron chi connectivity index (χ1n) is 25.4. The zero-order valence-corrected chi connectivity index (χ0v) is 53.0. The third kappa shape index (κ3) is 11.1. The number of pyridine rings is 4. The normalized spacial score (nSPS) is 19.6. The van der Waals surface area contributed by atoms with Crippen molar-refractivity contribution in [1.29, 1.82) is 0 Å². The highest BCUT2D eigenvalue weighted by Gasteiger charge is 2.49. The van der Waals surface area contributed by atoms with Gasteiger partial charge in [0.25, 0.3) is 41.9 Å². The van der Waals surface area contributed by atoms with Crippen LogP contribution in [-0.2, 0) is 30.8 Å². The Hall–Kier alpha value is -7.04. The molecule has 0 radical (unpaired) electrons. The number of nitrogens with two attached hydrogens (primary N) is 3. The molecule has 15 rings (SSSR count). The van der Waals surface area contributed by atoms with E-state index in [9.17, 15) is 22.4 Å². The van der Waals surface area contributed by atoms with Gasteiger partial charge in [-0.15, -0.1) is 0 Å². The van der Waals surface area contributed by atoms with E-state index in [1.165, 1.54) is 6.07 Å². The Kier molecular flexibility index (Phi) is 16.3. The van der Waals surface area contributed by atoms with E-state index in [4.69, 9.17) is 96.4 Å². The van der Waals surface area contributed by atoms with Crippen molar-refractivity contribution in [3.63, 3.8) is 0 Å². The van der Waals surface area contributed by atoms with Crippen LogP contribution in [0.5, 0.6) is 34.5 Å². The van der Waals surface area contributed by atoms with E-state index in [2.05, 4.69) is 98.6 Å². The summed E-state index contributed by atoms with van der Waals surface area (Å²) in [4.78, 5) is 40.0. The van der Waals surface area contributed by atoms with E-state index in [1.807, 2.05) is 36.4 Å². The predicted octanol–water partition coefficient (Wildman–Crippen LogP) is 15.1. The van der Waals surface area contributed by atoms with E-state index in [-0.39, 0.29) is 72.3 Å². The number of amidine groups is 3. The minimum atomic E-state index is -0.914. The fourth-order valence-electron chi connectivity index (χ4n) is 10.8. The molecule has 11 heterocycles. The molecule has 0 bridgehead atoms. The monoisotopic (exact) mass is 1520 g/mol. The van der Waals surface area contributed by atoms with Gasteiger partial charge < -0.3 is 50.0 Å². The van der Waals surface area contributed by atoms with Gasteiger partial charge in [-0.3, -0.25) is 4.79 Å². The van der Waals surface area contributed by atoms with Crippen LogP contribution < -0.4 is 36.8 Å². The number of halogens is 12. The molecule has 6 aliphatic heterocycles. The van der Waals surface area contributed by atoms with Gasteiger partial charge in [-0.05, 0) is 97.1 Å². The highest BCUT2D eigenvalue weighted by Crippen LogP contribution is 2.56. The molecule has 30 heteroatoms. The van der Waals surface area contributed by atoms with Crippen LogP contribution in [0.15, 0.2) is 139 Å². The van der Waals surface area contributed by atoms with Crippen LogP contribution in [0.2, 0.25) is 20.6 Å². The smallest absolute Gasteiger partial charge is 0.283 e. The van der Waals surface area contributed by atoms with E-state index in [1.54, 1.807) is 54.6 Å². The first-order valence-corrected chi connectivity index (χ1v) is 30.1. The Bertz CT molecular complexity index is 4230. The lowest BCUT2D eigenvalue weighted by atomic mass is 9.78. The largest absolute Gasteiger partial charge is 0.465 e. The molecule has 0 aliphatic carbocycles. The standard InChI is InChI=1S/3C15H10BrClFN3O2.C12H4BrClFNO2/c3*16-7-1-2-10-8(5-7)15(3-4-22-14(19)21-15)9-6-11(17)20-13(18)12(9)23-10;13-5-1-2-8-6(3-5)10(17)7-4-9(14)16-12(15)11(7)18-8/h3*1-2,5-6H,3-4H2,(H2,19,21);1-4H/t2*15-;;/m10../s1. The lowest BCUT2D eigenvalue weighted by Gasteiger charge is -2.39. The summed E-state index contributed by atoms with van der Waals surface area (Å²) in [6, 6.07) is 27.4. The lowest BCUT2D eigenvalue weighted by molar-refractivity contribution is 0.217. The summed E-state index contributed by atoms with van der Waals surface area (Å²) in [6.07, 6.45) is 1.44. The summed E-state index contributed by atoms with van der Waals surface area (Å²) in [6.45, 7) is 1.05. The summed E-state index contributed by atoms with van der Waals surface area (Å²) in [7, 11) is 0. The van der Waals surface area contributed by atoms with Crippen LogP contribution >= 0.6 is 110 Å². The van der Waals surface area contributed by atoms with Gasteiger partial charge in [0.15, 0.2) is 22.8 Å². The fraction of sp³-hybridized carbons (Fsp3) is 0.158. The van der Waals surface area contributed by atoms with Crippen LogP contribution in [-0.4, -0.2) is 57.8 Å². The van der Waals surface area contributed by atoms with E-state index in [0.29, 0.717) is 84.0 Å². The molecule has 6 N–H and O–H groups in total. The van der Waals surface area contributed by atoms with Gasteiger partial charge in [0, 0.05) is 70.5 Å². The van der Waals surface area contributed by atoms with Crippen molar-refractivity contribution in [2.45, 2.75) is 35.9 Å². The van der Waals surface area contributed by atoms with Gasteiger partial charge in [0.2, 0.25) is 5.43 Å². The van der Waals surface area contributed by atoms with E-state index < -0.39 is 40.4 Å². The molecule has 0 fully saturated rings. The number of hydrogen-bond donors (Lipinski definition) is 3. The van der Waals surface area contributed by atoms with Gasteiger partial charge in [0.05, 0.1) is 30.6 Å².